The Labute approximate surface area is 120 Å². The summed E-state index contributed by atoms with van der Waals surface area (Å²) in [6, 6.07) is 0. The molecule has 0 bridgehead atoms. The number of anilines is 1. The minimum absolute atomic E-state index is 0.258. The highest BCUT2D eigenvalue weighted by Crippen LogP contribution is 2.28. The van der Waals surface area contributed by atoms with Crippen LogP contribution in [0.1, 0.15) is 12.5 Å². The molecule has 0 aliphatic carbocycles. The van der Waals surface area contributed by atoms with Crippen LogP contribution in [0.5, 0.6) is 0 Å². The first-order valence-corrected chi connectivity index (χ1v) is 6.13. The average molecular weight is 300 g/mol. The van der Waals surface area contributed by atoms with E-state index in [1.807, 2.05) is 0 Å². The van der Waals surface area contributed by atoms with Gasteiger partial charge >= 0.3 is 6.18 Å². The molecule has 0 N–H and O–H groups in total. The Kier molecular flexibility index (Phi) is 5.96. The van der Waals surface area contributed by atoms with Crippen LogP contribution in [0.4, 0.5) is 19.1 Å². The number of nitrogens with zero attached hydrogens (tertiary/aromatic N) is 4. The molecule has 114 valence electrons. The summed E-state index contributed by atoms with van der Waals surface area (Å²) in [6.45, 7) is 3.73. The van der Waals surface area contributed by atoms with E-state index in [0.29, 0.717) is 26.2 Å². The van der Waals surface area contributed by atoms with Gasteiger partial charge < -0.3 is 9.80 Å². The fraction of sp³-hybridized carbons (Fsp3) is 0.462. The second-order valence-electron chi connectivity index (χ2n) is 4.19. The van der Waals surface area contributed by atoms with E-state index in [1.54, 1.807) is 16.7 Å². The van der Waals surface area contributed by atoms with Crippen molar-refractivity contribution in [3.8, 4) is 12.3 Å². The van der Waals surface area contributed by atoms with E-state index in [2.05, 4.69) is 22.3 Å². The highest BCUT2D eigenvalue weighted by atomic mass is 19.4. The van der Waals surface area contributed by atoms with Crippen LogP contribution >= 0.6 is 0 Å². The third-order valence-electron chi connectivity index (χ3n) is 2.71. The Hall–Kier alpha value is -2.30. The lowest BCUT2D eigenvalue weighted by atomic mass is 10.3. The van der Waals surface area contributed by atoms with Crippen molar-refractivity contribution in [1.82, 2.24) is 14.9 Å². The maximum Gasteiger partial charge on any atom is 0.419 e. The van der Waals surface area contributed by atoms with Gasteiger partial charge in [0.05, 0.1) is 5.56 Å². The van der Waals surface area contributed by atoms with E-state index in [-0.39, 0.29) is 5.95 Å². The maximum atomic E-state index is 12.3. The molecule has 0 radical (unpaired) electrons. The number of aromatic nitrogens is 2. The Bertz CT molecular complexity index is 488. The number of hydrogen-bond acceptors (Lipinski definition) is 4. The van der Waals surface area contributed by atoms with Crippen molar-refractivity contribution < 1.29 is 18.0 Å². The summed E-state index contributed by atoms with van der Waals surface area (Å²) in [6.07, 6.45) is 2.47. The van der Waals surface area contributed by atoms with Gasteiger partial charge in [0.2, 0.25) is 12.4 Å². The summed E-state index contributed by atoms with van der Waals surface area (Å²) in [4.78, 5) is 21.3. The highest BCUT2D eigenvalue weighted by Gasteiger charge is 2.31. The molecule has 8 heteroatoms. The molecule has 0 unspecified atom stereocenters. The molecule has 1 amide bonds. The van der Waals surface area contributed by atoms with Gasteiger partial charge in [0.25, 0.3) is 0 Å². The van der Waals surface area contributed by atoms with Crippen molar-refractivity contribution >= 4 is 12.4 Å². The number of hydrogen-bond donors (Lipinski definition) is 0. The van der Waals surface area contributed by atoms with Crippen LogP contribution in [0, 0.1) is 12.3 Å². The Morgan fingerprint density at radius 3 is 2.10 bits per heavy atom. The average Bonchev–Trinajstić information content (AvgIpc) is 2.47. The Morgan fingerprint density at radius 1 is 1.24 bits per heavy atom. The number of rotatable bonds is 2. The molecule has 2 heterocycles. The summed E-state index contributed by atoms with van der Waals surface area (Å²) in [5.41, 5.74) is -0.863. The van der Waals surface area contributed by atoms with E-state index < -0.39 is 11.7 Å². The smallest absolute Gasteiger partial charge is 0.342 e. The molecule has 1 aromatic heterocycles. The second kappa shape index (κ2) is 7.47. The van der Waals surface area contributed by atoms with Gasteiger partial charge in [-0.25, -0.2) is 9.97 Å². The number of carbonyl (C=O) groups is 1. The van der Waals surface area contributed by atoms with Crippen LogP contribution in [0.2, 0.25) is 0 Å². The molecule has 1 aliphatic heterocycles. The molecule has 1 fully saturated rings. The summed E-state index contributed by atoms with van der Waals surface area (Å²) in [5.74, 6) is 2.51. The van der Waals surface area contributed by atoms with Gasteiger partial charge in [-0.1, -0.05) is 0 Å². The number of amides is 1. The lowest BCUT2D eigenvalue weighted by molar-refractivity contribution is -0.138. The fourth-order valence-corrected chi connectivity index (χ4v) is 1.66. The summed E-state index contributed by atoms with van der Waals surface area (Å²) < 4.78 is 37.0. The monoisotopic (exact) mass is 300 g/mol. The molecule has 1 aromatic rings. The fourth-order valence-electron chi connectivity index (χ4n) is 1.66. The van der Waals surface area contributed by atoms with E-state index in [9.17, 15) is 18.0 Å². The zero-order chi connectivity index (χ0) is 15.9. The van der Waals surface area contributed by atoms with Crippen LogP contribution in [0.15, 0.2) is 12.4 Å². The van der Waals surface area contributed by atoms with E-state index >= 15 is 0 Å². The van der Waals surface area contributed by atoms with Crippen molar-refractivity contribution in [2.75, 3.05) is 31.1 Å². The second-order valence-corrected chi connectivity index (χ2v) is 4.19. The minimum atomic E-state index is -4.42. The minimum Gasteiger partial charge on any atom is -0.342 e. The molecule has 0 aromatic carbocycles. The third kappa shape index (κ3) is 4.95. The van der Waals surface area contributed by atoms with Gasteiger partial charge in [-0.05, 0) is 6.92 Å². The van der Waals surface area contributed by atoms with Crippen molar-refractivity contribution in [3.63, 3.8) is 0 Å². The molecule has 5 nitrogen and oxygen atoms in total. The van der Waals surface area contributed by atoms with Crippen LogP contribution in [-0.4, -0.2) is 47.5 Å². The van der Waals surface area contributed by atoms with Gasteiger partial charge in [0, 0.05) is 38.6 Å². The van der Waals surface area contributed by atoms with E-state index in [0.717, 1.165) is 18.8 Å². The predicted octanol–water partition coefficient (Wildman–Crippen LogP) is 1.41. The van der Waals surface area contributed by atoms with Crippen molar-refractivity contribution in [2.45, 2.75) is 13.1 Å². The van der Waals surface area contributed by atoms with E-state index in [4.69, 9.17) is 0 Å². The highest BCUT2D eigenvalue weighted by molar-refractivity contribution is 5.48. The number of piperazine rings is 1. The third-order valence-corrected chi connectivity index (χ3v) is 2.71. The molecule has 0 saturated carbocycles. The molecule has 0 atom stereocenters. The molecular weight excluding hydrogens is 285 g/mol. The first kappa shape index (κ1) is 16.8. The zero-order valence-electron chi connectivity index (χ0n) is 11.5. The first-order valence-electron chi connectivity index (χ1n) is 6.13. The topological polar surface area (TPSA) is 49.3 Å². The van der Waals surface area contributed by atoms with Crippen molar-refractivity contribution in [2.24, 2.45) is 0 Å². The quantitative estimate of drug-likeness (QED) is 0.612. The number of halogens is 3. The summed E-state index contributed by atoms with van der Waals surface area (Å²) in [5, 5.41) is 0. The first-order chi connectivity index (χ1) is 9.92. The number of carbonyl (C=O) groups excluding carboxylic acids is 1. The molecule has 21 heavy (non-hydrogen) atoms. The van der Waals surface area contributed by atoms with E-state index in [1.165, 1.54) is 0 Å². The largest absolute Gasteiger partial charge is 0.419 e. The predicted molar refractivity (Wildman–Crippen MR) is 71.4 cm³/mol. The number of alkyl halides is 3. The molecular formula is C13H15F3N4O. The summed E-state index contributed by atoms with van der Waals surface area (Å²) >= 11 is 0. The van der Waals surface area contributed by atoms with Gasteiger partial charge in [-0.15, -0.1) is 12.3 Å². The molecule has 1 saturated heterocycles. The van der Waals surface area contributed by atoms with Crippen LogP contribution < -0.4 is 4.90 Å². The van der Waals surface area contributed by atoms with Gasteiger partial charge in [0.15, 0.2) is 0 Å². The maximum absolute atomic E-state index is 12.3. The lowest BCUT2D eigenvalue weighted by Gasteiger charge is -2.32. The Morgan fingerprint density at radius 2 is 1.71 bits per heavy atom. The van der Waals surface area contributed by atoms with Crippen molar-refractivity contribution in [3.05, 3.63) is 18.0 Å². The van der Waals surface area contributed by atoms with Gasteiger partial charge in [-0.3, -0.25) is 4.79 Å². The van der Waals surface area contributed by atoms with Crippen LogP contribution in [-0.2, 0) is 11.0 Å². The normalized spacial score (nSPS) is 14.8. The standard InChI is InChI=1S/C10H11F3N4O.C3H4/c11-10(12,13)8-5-14-9(15-6-8)17-3-1-16(7-18)2-4-17;1-3-2/h5-7H,1-4H2;1H,2H3. The van der Waals surface area contributed by atoms with Gasteiger partial charge in [0.1, 0.15) is 0 Å². The lowest BCUT2D eigenvalue weighted by Crippen LogP contribution is -2.46. The van der Waals surface area contributed by atoms with Gasteiger partial charge in [-0.2, -0.15) is 13.2 Å². The molecule has 0 spiro atoms. The van der Waals surface area contributed by atoms with Crippen molar-refractivity contribution in [1.29, 1.82) is 0 Å². The molecule has 2 rings (SSSR count). The molecule has 1 aliphatic rings. The number of terminal acetylenes is 1. The van der Waals surface area contributed by atoms with Crippen LogP contribution in [0.3, 0.4) is 0 Å². The Balaban J connectivity index is 0.000000677. The summed E-state index contributed by atoms with van der Waals surface area (Å²) in [7, 11) is 0. The van der Waals surface area contributed by atoms with Crippen LogP contribution in [0.25, 0.3) is 0 Å². The zero-order valence-corrected chi connectivity index (χ0v) is 11.5. The SMILES string of the molecule is C#CC.O=CN1CCN(c2ncc(C(F)(F)F)cn2)CC1.